The first kappa shape index (κ1) is 10.0. The van der Waals surface area contributed by atoms with Crippen molar-refractivity contribution in [2.45, 2.75) is 6.61 Å². The summed E-state index contributed by atoms with van der Waals surface area (Å²) in [6.45, 7) is 1.20. The number of ether oxygens (including phenoxy) is 1. The summed E-state index contributed by atoms with van der Waals surface area (Å²) >= 11 is 1.56. The van der Waals surface area contributed by atoms with Crippen LogP contribution in [0.25, 0.3) is 0 Å². The number of thiophene rings is 1. The van der Waals surface area contributed by atoms with Gasteiger partial charge in [0.25, 0.3) is 0 Å². The molecule has 0 aromatic carbocycles. The molecule has 0 aliphatic rings. The largest absolute Gasteiger partial charge is 0.444 e. The Morgan fingerprint density at radius 3 is 3.15 bits per heavy atom. The van der Waals surface area contributed by atoms with Crippen LogP contribution in [0.15, 0.2) is 17.5 Å². The number of nitrogens with two attached hydrogens (primary N) is 1. The van der Waals surface area contributed by atoms with Crippen molar-refractivity contribution in [1.82, 2.24) is 5.32 Å². The van der Waals surface area contributed by atoms with Crippen LogP contribution in [0, 0.1) is 0 Å². The molecule has 0 aliphatic heterocycles. The number of hydrogen-bond donors (Lipinski definition) is 2. The lowest BCUT2D eigenvalue weighted by Gasteiger charge is -2.03. The number of carbonyl (C=O) groups excluding carboxylic acids is 1. The maximum Gasteiger partial charge on any atom is 0.407 e. The summed E-state index contributed by atoms with van der Waals surface area (Å²) in [6, 6.07) is 3.84. The van der Waals surface area contributed by atoms with Crippen molar-refractivity contribution in [3.8, 4) is 0 Å². The van der Waals surface area contributed by atoms with Crippen LogP contribution in [-0.2, 0) is 11.3 Å². The van der Waals surface area contributed by atoms with Gasteiger partial charge < -0.3 is 15.8 Å². The first-order valence-electron chi connectivity index (χ1n) is 3.96. The molecule has 0 spiro atoms. The molecule has 0 saturated heterocycles. The van der Waals surface area contributed by atoms with E-state index in [1.165, 1.54) is 0 Å². The van der Waals surface area contributed by atoms with E-state index in [1.807, 2.05) is 17.5 Å². The number of amides is 1. The van der Waals surface area contributed by atoms with Crippen LogP contribution in [0.5, 0.6) is 0 Å². The van der Waals surface area contributed by atoms with E-state index in [4.69, 9.17) is 10.5 Å². The molecule has 5 heteroatoms. The van der Waals surface area contributed by atoms with Gasteiger partial charge in [-0.05, 0) is 11.4 Å². The highest BCUT2D eigenvalue weighted by Gasteiger charge is 2.00. The molecule has 1 aromatic rings. The van der Waals surface area contributed by atoms with Crippen molar-refractivity contribution in [3.63, 3.8) is 0 Å². The summed E-state index contributed by atoms with van der Waals surface area (Å²) in [6.07, 6.45) is -0.418. The Kier molecular flexibility index (Phi) is 4.28. The Balaban J connectivity index is 2.15. The normalized spacial score (nSPS) is 9.62. The molecule has 1 aromatic heterocycles. The Hall–Kier alpha value is -1.07. The standard InChI is InChI=1S/C8H12N2O2S/c9-3-4-10-8(11)12-6-7-2-1-5-13-7/h1-2,5H,3-4,6,9H2,(H,10,11). The molecule has 0 saturated carbocycles. The average Bonchev–Trinajstić information content (AvgIpc) is 2.64. The minimum atomic E-state index is -0.418. The molecule has 0 aliphatic carbocycles. The number of nitrogens with one attached hydrogen (secondary N) is 1. The highest BCUT2D eigenvalue weighted by Crippen LogP contribution is 2.09. The molecule has 0 radical (unpaired) electrons. The number of alkyl carbamates (subject to hydrolysis) is 1. The third kappa shape index (κ3) is 3.91. The van der Waals surface area contributed by atoms with Crippen molar-refractivity contribution in [2.24, 2.45) is 5.73 Å². The van der Waals surface area contributed by atoms with Gasteiger partial charge in [-0.25, -0.2) is 4.79 Å². The van der Waals surface area contributed by atoms with Gasteiger partial charge in [-0.1, -0.05) is 6.07 Å². The summed E-state index contributed by atoms with van der Waals surface area (Å²) in [4.78, 5) is 11.9. The van der Waals surface area contributed by atoms with Gasteiger partial charge in [0.1, 0.15) is 6.61 Å². The van der Waals surface area contributed by atoms with Crippen LogP contribution in [0.3, 0.4) is 0 Å². The number of carbonyl (C=O) groups is 1. The molecular weight excluding hydrogens is 188 g/mol. The second-order valence-electron chi connectivity index (χ2n) is 2.37. The monoisotopic (exact) mass is 200 g/mol. The van der Waals surface area contributed by atoms with Gasteiger partial charge in [0, 0.05) is 18.0 Å². The van der Waals surface area contributed by atoms with E-state index in [9.17, 15) is 4.79 Å². The summed E-state index contributed by atoms with van der Waals surface area (Å²) < 4.78 is 4.89. The average molecular weight is 200 g/mol. The van der Waals surface area contributed by atoms with Crippen molar-refractivity contribution in [2.75, 3.05) is 13.1 Å². The lowest BCUT2D eigenvalue weighted by Crippen LogP contribution is -2.29. The molecule has 0 fully saturated rings. The van der Waals surface area contributed by atoms with Crippen LogP contribution < -0.4 is 11.1 Å². The maximum absolute atomic E-state index is 10.9. The Morgan fingerprint density at radius 2 is 2.54 bits per heavy atom. The van der Waals surface area contributed by atoms with Crippen LogP contribution in [0.1, 0.15) is 4.88 Å². The first-order chi connectivity index (χ1) is 6.33. The van der Waals surface area contributed by atoms with E-state index in [-0.39, 0.29) is 0 Å². The summed E-state index contributed by atoms with van der Waals surface area (Å²) in [7, 11) is 0. The first-order valence-corrected chi connectivity index (χ1v) is 4.84. The van der Waals surface area contributed by atoms with Crippen molar-refractivity contribution in [3.05, 3.63) is 22.4 Å². The highest BCUT2D eigenvalue weighted by molar-refractivity contribution is 7.09. The van der Waals surface area contributed by atoms with E-state index in [0.717, 1.165) is 4.88 Å². The summed E-state index contributed by atoms with van der Waals surface area (Å²) in [5.41, 5.74) is 5.20. The van der Waals surface area contributed by atoms with Crippen LogP contribution in [-0.4, -0.2) is 19.2 Å². The minimum absolute atomic E-state index is 0.327. The molecule has 1 rings (SSSR count). The van der Waals surface area contributed by atoms with Crippen molar-refractivity contribution in [1.29, 1.82) is 0 Å². The maximum atomic E-state index is 10.9. The van der Waals surface area contributed by atoms with Crippen LogP contribution in [0.2, 0.25) is 0 Å². The molecule has 1 heterocycles. The summed E-state index contributed by atoms with van der Waals surface area (Å²) in [5.74, 6) is 0. The molecule has 1 amide bonds. The molecule has 3 N–H and O–H groups in total. The lowest BCUT2D eigenvalue weighted by molar-refractivity contribution is 0.141. The Labute approximate surface area is 80.7 Å². The third-order valence-corrected chi connectivity index (χ3v) is 2.19. The topological polar surface area (TPSA) is 64.3 Å². The van der Waals surface area contributed by atoms with Crippen LogP contribution in [0.4, 0.5) is 4.79 Å². The van der Waals surface area contributed by atoms with Gasteiger partial charge in [0.2, 0.25) is 0 Å². The fourth-order valence-electron chi connectivity index (χ4n) is 0.757. The zero-order valence-electron chi connectivity index (χ0n) is 7.16. The second kappa shape index (κ2) is 5.55. The Morgan fingerprint density at radius 1 is 1.69 bits per heavy atom. The van der Waals surface area contributed by atoms with E-state index >= 15 is 0 Å². The molecular formula is C8H12N2O2S. The molecule has 72 valence electrons. The van der Waals surface area contributed by atoms with E-state index < -0.39 is 6.09 Å². The fourth-order valence-corrected chi connectivity index (χ4v) is 1.37. The van der Waals surface area contributed by atoms with Gasteiger partial charge in [-0.15, -0.1) is 11.3 Å². The zero-order chi connectivity index (χ0) is 9.52. The SMILES string of the molecule is NCCNC(=O)OCc1cccs1. The quantitative estimate of drug-likeness (QED) is 0.760. The molecule has 0 unspecified atom stereocenters. The zero-order valence-corrected chi connectivity index (χ0v) is 7.97. The van der Waals surface area contributed by atoms with E-state index in [0.29, 0.717) is 19.7 Å². The van der Waals surface area contributed by atoms with Gasteiger partial charge in [0.15, 0.2) is 0 Å². The minimum Gasteiger partial charge on any atom is -0.444 e. The third-order valence-electron chi connectivity index (χ3n) is 1.34. The van der Waals surface area contributed by atoms with Crippen LogP contribution >= 0.6 is 11.3 Å². The summed E-state index contributed by atoms with van der Waals surface area (Å²) in [5, 5.41) is 4.45. The molecule has 0 atom stereocenters. The predicted molar refractivity (Wildman–Crippen MR) is 51.6 cm³/mol. The van der Waals surface area contributed by atoms with Crippen molar-refractivity contribution < 1.29 is 9.53 Å². The van der Waals surface area contributed by atoms with Gasteiger partial charge >= 0.3 is 6.09 Å². The lowest BCUT2D eigenvalue weighted by atomic mass is 10.5. The van der Waals surface area contributed by atoms with E-state index in [1.54, 1.807) is 11.3 Å². The van der Waals surface area contributed by atoms with Crippen molar-refractivity contribution >= 4 is 17.4 Å². The smallest absolute Gasteiger partial charge is 0.407 e. The fraction of sp³-hybridized carbons (Fsp3) is 0.375. The van der Waals surface area contributed by atoms with E-state index in [2.05, 4.69) is 5.32 Å². The van der Waals surface area contributed by atoms with Gasteiger partial charge in [0.05, 0.1) is 0 Å². The Bertz CT molecular complexity index is 249. The molecule has 0 bridgehead atoms. The highest BCUT2D eigenvalue weighted by atomic mass is 32.1. The molecule has 4 nitrogen and oxygen atoms in total. The van der Waals surface area contributed by atoms with Gasteiger partial charge in [-0.3, -0.25) is 0 Å². The predicted octanol–water partition coefficient (Wildman–Crippen LogP) is 0.933. The number of rotatable bonds is 4. The second-order valence-corrected chi connectivity index (χ2v) is 3.40. The number of hydrogen-bond acceptors (Lipinski definition) is 4. The molecule has 13 heavy (non-hydrogen) atoms. The van der Waals surface area contributed by atoms with Gasteiger partial charge in [-0.2, -0.15) is 0 Å².